The maximum atomic E-state index is 13.8. The van der Waals surface area contributed by atoms with Gasteiger partial charge in [0.2, 0.25) is 0 Å². The molecular weight excluding hydrogens is 394 g/mol. The Hall–Kier alpha value is -0.0700. The highest BCUT2D eigenvalue weighted by Crippen LogP contribution is 2.45. The number of rotatable bonds is 2. The van der Waals surface area contributed by atoms with Gasteiger partial charge in [-0.1, -0.05) is 36.7 Å². The zero-order valence-electron chi connectivity index (χ0n) is 13.0. The van der Waals surface area contributed by atoms with Crippen LogP contribution in [0.3, 0.4) is 0 Å². The third-order valence-electron chi connectivity index (χ3n) is 3.73. The number of nitrogens with zero attached hydrogens (tertiary/aromatic N) is 1. The van der Waals surface area contributed by atoms with Gasteiger partial charge in [0.15, 0.2) is 11.6 Å². The lowest BCUT2D eigenvalue weighted by atomic mass is 9.80. The molecule has 1 atom stereocenters. The van der Waals surface area contributed by atoms with Gasteiger partial charge in [0, 0.05) is 42.3 Å². The van der Waals surface area contributed by atoms with Gasteiger partial charge in [0.25, 0.3) is 0 Å². The van der Waals surface area contributed by atoms with Crippen molar-refractivity contribution in [2.45, 2.75) is 26.8 Å². The summed E-state index contributed by atoms with van der Waals surface area (Å²) in [6.45, 7) is 9.98. The van der Waals surface area contributed by atoms with E-state index in [1.807, 2.05) is 0 Å². The number of phenols is 1. The lowest BCUT2D eigenvalue weighted by Gasteiger charge is -2.43. The van der Waals surface area contributed by atoms with E-state index in [1.165, 1.54) is 6.07 Å². The largest absolute Gasteiger partial charge is 0.505 e. The summed E-state index contributed by atoms with van der Waals surface area (Å²) in [7, 11) is 0. The SMILES string of the molecule is CC(C)(C)[C@@H](c1c(Br)ccc(F)c1O)N1CCNCC1.Cl.Cl. The molecule has 0 aliphatic carbocycles. The van der Waals surface area contributed by atoms with E-state index < -0.39 is 5.82 Å². The number of hydrogen-bond acceptors (Lipinski definition) is 3. The molecule has 1 aliphatic rings. The number of hydrogen-bond donors (Lipinski definition) is 2. The lowest BCUT2D eigenvalue weighted by Crippen LogP contribution is -2.48. The van der Waals surface area contributed by atoms with Crippen LogP contribution in [0.1, 0.15) is 32.4 Å². The second-order valence-corrected chi connectivity index (χ2v) is 7.20. The van der Waals surface area contributed by atoms with Crippen LogP contribution in [0.2, 0.25) is 0 Å². The Morgan fingerprint density at radius 1 is 1.23 bits per heavy atom. The van der Waals surface area contributed by atoms with Crippen LogP contribution in [-0.2, 0) is 0 Å². The van der Waals surface area contributed by atoms with Crippen LogP contribution in [-0.4, -0.2) is 36.2 Å². The molecule has 0 spiro atoms. The minimum Gasteiger partial charge on any atom is -0.505 e. The van der Waals surface area contributed by atoms with Crippen molar-refractivity contribution in [2.75, 3.05) is 26.2 Å². The third-order valence-corrected chi connectivity index (χ3v) is 4.42. The zero-order valence-corrected chi connectivity index (χ0v) is 16.2. The molecule has 0 saturated carbocycles. The van der Waals surface area contributed by atoms with Gasteiger partial charge in [0.05, 0.1) is 0 Å². The van der Waals surface area contributed by atoms with Gasteiger partial charge in [-0.2, -0.15) is 0 Å². The molecule has 7 heteroatoms. The lowest BCUT2D eigenvalue weighted by molar-refractivity contribution is 0.0832. The molecule has 1 aliphatic heterocycles. The molecule has 0 aromatic heterocycles. The third kappa shape index (κ3) is 4.71. The molecule has 1 heterocycles. The van der Waals surface area contributed by atoms with Crippen LogP contribution in [0, 0.1) is 11.2 Å². The van der Waals surface area contributed by atoms with Crippen LogP contribution in [0.15, 0.2) is 16.6 Å². The molecule has 1 aromatic carbocycles. The summed E-state index contributed by atoms with van der Waals surface area (Å²) in [6.07, 6.45) is 0. The van der Waals surface area contributed by atoms with Crippen LogP contribution in [0.25, 0.3) is 0 Å². The predicted octanol–water partition coefficient (Wildman–Crippen LogP) is 4.13. The van der Waals surface area contributed by atoms with Gasteiger partial charge in [0.1, 0.15) is 0 Å². The van der Waals surface area contributed by atoms with Crippen LogP contribution >= 0.6 is 40.7 Å². The Labute approximate surface area is 152 Å². The molecule has 0 bridgehead atoms. The molecule has 128 valence electrons. The van der Waals surface area contributed by atoms with Crippen molar-refractivity contribution in [2.24, 2.45) is 5.41 Å². The van der Waals surface area contributed by atoms with Gasteiger partial charge in [-0.05, 0) is 17.5 Å². The minimum absolute atomic E-state index is 0. The predicted molar refractivity (Wildman–Crippen MR) is 96.9 cm³/mol. The Morgan fingerprint density at radius 3 is 2.27 bits per heavy atom. The van der Waals surface area contributed by atoms with Gasteiger partial charge < -0.3 is 10.4 Å². The number of nitrogens with one attached hydrogen (secondary N) is 1. The van der Waals surface area contributed by atoms with E-state index in [0.717, 1.165) is 30.7 Å². The molecule has 1 aromatic rings. The molecule has 0 unspecified atom stereocenters. The van der Waals surface area contributed by atoms with E-state index in [4.69, 9.17) is 0 Å². The number of aromatic hydroxyl groups is 1. The number of benzene rings is 1. The maximum absolute atomic E-state index is 13.8. The van der Waals surface area contributed by atoms with Gasteiger partial charge in [-0.15, -0.1) is 24.8 Å². The molecule has 22 heavy (non-hydrogen) atoms. The van der Waals surface area contributed by atoms with Crippen molar-refractivity contribution in [3.05, 3.63) is 28.0 Å². The van der Waals surface area contributed by atoms with Gasteiger partial charge >= 0.3 is 0 Å². The minimum atomic E-state index is -0.562. The van der Waals surface area contributed by atoms with Crippen LogP contribution < -0.4 is 5.32 Å². The highest BCUT2D eigenvalue weighted by molar-refractivity contribution is 9.10. The van der Waals surface area contributed by atoms with Crippen molar-refractivity contribution < 1.29 is 9.50 Å². The van der Waals surface area contributed by atoms with Crippen molar-refractivity contribution in [1.29, 1.82) is 0 Å². The van der Waals surface area contributed by atoms with E-state index >= 15 is 0 Å². The molecular formula is C15H24BrCl2FN2O. The fourth-order valence-electron chi connectivity index (χ4n) is 2.92. The summed E-state index contributed by atoms with van der Waals surface area (Å²) >= 11 is 3.47. The molecule has 1 saturated heterocycles. The first-order valence-corrected chi connectivity index (χ1v) is 7.73. The zero-order chi connectivity index (χ0) is 14.9. The summed E-state index contributed by atoms with van der Waals surface area (Å²) < 4.78 is 14.5. The monoisotopic (exact) mass is 416 g/mol. The summed E-state index contributed by atoms with van der Waals surface area (Å²) in [4.78, 5) is 2.32. The highest BCUT2D eigenvalue weighted by atomic mass is 79.9. The van der Waals surface area contributed by atoms with E-state index in [1.54, 1.807) is 6.07 Å². The average molecular weight is 418 g/mol. The molecule has 1 fully saturated rings. The Balaban J connectivity index is 0.00000220. The van der Waals surface area contributed by atoms with Crippen molar-refractivity contribution in [3.63, 3.8) is 0 Å². The smallest absolute Gasteiger partial charge is 0.165 e. The van der Waals surface area contributed by atoms with E-state index in [0.29, 0.717) is 5.56 Å². The average Bonchev–Trinajstić information content (AvgIpc) is 2.39. The number of halogens is 4. The fraction of sp³-hybridized carbons (Fsp3) is 0.600. The first-order chi connectivity index (χ1) is 9.32. The van der Waals surface area contributed by atoms with Crippen LogP contribution in [0.5, 0.6) is 5.75 Å². The van der Waals surface area contributed by atoms with Crippen molar-refractivity contribution in [3.8, 4) is 5.75 Å². The number of phenolic OH excluding ortho intramolecular Hbond substituents is 1. The standard InChI is InChI=1S/C15H22BrFN2O.2ClH/c1-15(2,3)14(19-8-6-18-7-9-19)12-10(16)4-5-11(17)13(12)20;;/h4-5,14,18,20H,6-9H2,1-3H3;2*1H/t14-;;/m1../s1. The topological polar surface area (TPSA) is 35.5 Å². The summed E-state index contributed by atoms with van der Waals surface area (Å²) in [6, 6.07) is 2.93. The first-order valence-electron chi connectivity index (χ1n) is 6.94. The van der Waals surface area contributed by atoms with Crippen molar-refractivity contribution >= 4 is 40.7 Å². The van der Waals surface area contributed by atoms with E-state index in [-0.39, 0.29) is 42.0 Å². The van der Waals surface area contributed by atoms with Gasteiger partial charge in [-0.25, -0.2) is 4.39 Å². The first kappa shape index (κ1) is 21.9. The maximum Gasteiger partial charge on any atom is 0.165 e. The Morgan fingerprint density at radius 2 is 1.77 bits per heavy atom. The van der Waals surface area contributed by atoms with E-state index in [2.05, 4.69) is 46.9 Å². The molecule has 0 radical (unpaired) electrons. The number of piperazine rings is 1. The Bertz CT molecular complexity index is 491. The summed E-state index contributed by atoms with van der Waals surface area (Å²) in [5.74, 6) is -0.801. The Kier molecular flexibility index (Phi) is 8.66. The molecule has 2 N–H and O–H groups in total. The van der Waals surface area contributed by atoms with Crippen molar-refractivity contribution in [1.82, 2.24) is 10.2 Å². The summed E-state index contributed by atoms with van der Waals surface area (Å²) in [5.41, 5.74) is 0.546. The quantitative estimate of drug-likeness (QED) is 0.759. The fourth-order valence-corrected chi connectivity index (χ4v) is 3.46. The van der Waals surface area contributed by atoms with Crippen LogP contribution in [0.4, 0.5) is 4.39 Å². The molecule has 2 rings (SSSR count). The van der Waals surface area contributed by atoms with Gasteiger partial charge in [-0.3, -0.25) is 4.90 Å². The molecule has 3 nitrogen and oxygen atoms in total. The normalized spacial score (nSPS) is 17.3. The van der Waals surface area contributed by atoms with E-state index in [9.17, 15) is 9.50 Å². The second kappa shape index (κ2) is 8.69. The summed E-state index contributed by atoms with van der Waals surface area (Å²) in [5, 5.41) is 13.5. The second-order valence-electron chi connectivity index (χ2n) is 6.35. The highest BCUT2D eigenvalue weighted by Gasteiger charge is 2.36. The molecule has 0 amide bonds.